The first-order valence-corrected chi connectivity index (χ1v) is 21.3. The Morgan fingerprint density at radius 2 is 1.00 bits per heavy atom. The average Bonchev–Trinajstić information content (AvgIpc) is 3.79. The number of rotatable bonds is 3. The monoisotopic (exact) mass is 764 g/mol. The van der Waals surface area contributed by atoms with E-state index in [-0.39, 0.29) is 5.41 Å². The van der Waals surface area contributed by atoms with Crippen molar-refractivity contribution in [3.63, 3.8) is 0 Å². The molecule has 2 aliphatic rings. The smallest absolute Gasteiger partial charge is 0.135 e. The molecular formula is C59H40O. The molecule has 10 aromatic carbocycles. The van der Waals surface area contributed by atoms with Gasteiger partial charge in [-0.05, 0) is 147 Å². The van der Waals surface area contributed by atoms with Crippen molar-refractivity contribution in [2.75, 3.05) is 0 Å². The van der Waals surface area contributed by atoms with E-state index in [0.29, 0.717) is 0 Å². The van der Waals surface area contributed by atoms with Crippen molar-refractivity contribution in [2.24, 2.45) is 0 Å². The summed E-state index contributed by atoms with van der Waals surface area (Å²) in [6.45, 7) is 4.80. The van der Waals surface area contributed by atoms with E-state index >= 15 is 0 Å². The number of hydrogen-bond donors (Lipinski definition) is 0. The van der Waals surface area contributed by atoms with E-state index in [2.05, 4.69) is 196 Å². The highest BCUT2D eigenvalue weighted by molar-refractivity contribution is 6.26. The second-order valence-electron chi connectivity index (χ2n) is 17.4. The maximum Gasteiger partial charge on any atom is 0.135 e. The molecule has 0 spiro atoms. The van der Waals surface area contributed by atoms with Crippen molar-refractivity contribution in [1.82, 2.24) is 0 Å². The number of benzene rings is 10. The molecule has 0 unspecified atom stereocenters. The summed E-state index contributed by atoms with van der Waals surface area (Å²) in [6, 6.07) is 63.8. The van der Waals surface area contributed by atoms with Crippen molar-refractivity contribution >= 4 is 70.9 Å². The highest BCUT2D eigenvalue weighted by atomic mass is 16.3. The van der Waals surface area contributed by atoms with Crippen LogP contribution in [0.3, 0.4) is 0 Å². The van der Waals surface area contributed by atoms with E-state index in [1.54, 1.807) is 0 Å². The number of hydrogen-bond acceptors (Lipinski definition) is 1. The summed E-state index contributed by atoms with van der Waals surface area (Å²) in [5, 5.41) is 14.0. The Morgan fingerprint density at radius 3 is 1.73 bits per heavy atom. The van der Waals surface area contributed by atoms with Gasteiger partial charge in [0.25, 0.3) is 0 Å². The minimum atomic E-state index is -0.151. The van der Waals surface area contributed by atoms with Gasteiger partial charge in [-0.15, -0.1) is 0 Å². The van der Waals surface area contributed by atoms with Crippen LogP contribution in [-0.4, -0.2) is 0 Å². The number of allylic oxidation sites excluding steroid dienone is 1. The largest absolute Gasteiger partial charge is 0.456 e. The van der Waals surface area contributed by atoms with Gasteiger partial charge in [0.1, 0.15) is 11.3 Å². The molecule has 282 valence electrons. The molecule has 0 radical (unpaired) electrons. The molecule has 11 aromatic rings. The van der Waals surface area contributed by atoms with E-state index in [0.717, 1.165) is 24.2 Å². The fourth-order valence-electron chi connectivity index (χ4n) is 11.2. The summed E-state index contributed by atoms with van der Waals surface area (Å²) in [4.78, 5) is 0. The van der Waals surface area contributed by atoms with Crippen LogP contribution >= 0.6 is 0 Å². The zero-order valence-electron chi connectivity index (χ0n) is 33.6. The lowest BCUT2D eigenvalue weighted by Gasteiger charge is -2.23. The molecule has 0 N–H and O–H groups in total. The lowest BCUT2D eigenvalue weighted by atomic mass is 9.80. The van der Waals surface area contributed by atoms with Gasteiger partial charge in [0.05, 0.1) is 0 Å². The Labute approximate surface area is 348 Å². The topological polar surface area (TPSA) is 13.1 Å². The molecule has 0 aliphatic heterocycles. The molecule has 1 heteroatoms. The second kappa shape index (κ2) is 12.4. The first-order chi connectivity index (χ1) is 29.5. The molecule has 0 saturated heterocycles. The lowest BCUT2D eigenvalue weighted by molar-refractivity contribution is 0.595. The third-order valence-electron chi connectivity index (χ3n) is 13.9. The van der Waals surface area contributed by atoms with Gasteiger partial charge in [0.15, 0.2) is 0 Å². The molecule has 2 aliphatic carbocycles. The standard InChI is InChI=1S/C59H40O/c1-59(2)51-32-30-48-47(31-33-54-58(48)50-23-11-12-25-53(50)60-54)57(51)49-27-26-36(34-52(49)59)38-28-29-46(40-18-6-5-17-39(38)40)56-44-21-9-7-19-42(44)55(43-20-8-10-22-45(43)56)41-24-13-15-35-14-3-4-16-37(35)41/h3-10,12-22,24-34H,11,23H2,1-2H3. The van der Waals surface area contributed by atoms with E-state index in [9.17, 15) is 0 Å². The van der Waals surface area contributed by atoms with Crippen molar-refractivity contribution < 1.29 is 4.42 Å². The first kappa shape index (κ1) is 33.7. The first-order valence-electron chi connectivity index (χ1n) is 21.3. The maximum atomic E-state index is 6.36. The maximum absolute atomic E-state index is 6.36. The summed E-state index contributed by atoms with van der Waals surface area (Å²) in [5.74, 6) is 1.02. The normalized spacial score (nSPS) is 14.1. The summed E-state index contributed by atoms with van der Waals surface area (Å²) in [7, 11) is 0. The molecule has 1 aromatic heterocycles. The van der Waals surface area contributed by atoms with E-state index < -0.39 is 0 Å². The minimum Gasteiger partial charge on any atom is -0.456 e. The van der Waals surface area contributed by atoms with Crippen LogP contribution in [0.1, 0.15) is 42.7 Å². The zero-order valence-corrected chi connectivity index (χ0v) is 33.6. The molecule has 1 heterocycles. The summed E-state index contributed by atoms with van der Waals surface area (Å²) in [6.07, 6.45) is 6.46. The zero-order chi connectivity index (χ0) is 39.7. The van der Waals surface area contributed by atoms with E-state index in [1.807, 2.05) is 0 Å². The Balaban J connectivity index is 1.01. The summed E-state index contributed by atoms with van der Waals surface area (Å²) >= 11 is 0. The number of aryl methyl sites for hydroxylation is 1. The highest BCUT2D eigenvalue weighted by Gasteiger charge is 2.37. The Bertz CT molecular complexity index is 3620. The second-order valence-corrected chi connectivity index (χ2v) is 17.4. The van der Waals surface area contributed by atoms with Gasteiger partial charge in [-0.1, -0.05) is 172 Å². The predicted molar refractivity (Wildman–Crippen MR) is 255 cm³/mol. The van der Waals surface area contributed by atoms with E-state index in [4.69, 9.17) is 4.42 Å². The Morgan fingerprint density at radius 1 is 0.433 bits per heavy atom. The third-order valence-corrected chi connectivity index (χ3v) is 13.9. The van der Waals surface area contributed by atoms with Crippen LogP contribution in [0.2, 0.25) is 0 Å². The van der Waals surface area contributed by atoms with Crippen LogP contribution in [0.4, 0.5) is 0 Å². The Kier molecular flexibility index (Phi) is 6.97. The Hall–Kier alpha value is -7.22. The molecule has 0 atom stereocenters. The lowest BCUT2D eigenvalue weighted by Crippen LogP contribution is -2.15. The molecule has 1 nitrogen and oxygen atoms in total. The molecule has 60 heavy (non-hydrogen) atoms. The molecule has 0 amide bonds. The van der Waals surface area contributed by atoms with Crippen molar-refractivity contribution in [2.45, 2.75) is 32.1 Å². The van der Waals surface area contributed by atoms with Gasteiger partial charge in [-0.25, -0.2) is 0 Å². The fraction of sp³-hybridized carbons (Fsp3) is 0.0847. The van der Waals surface area contributed by atoms with Gasteiger partial charge in [-0.2, -0.15) is 0 Å². The van der Waals surface area contributed by atoms with Crippen molar-refractivity contribution in [3.05, 3.63) is 198 Å². The number of furan rings is 1. The number of fused-ring (bicyclic) bond motifs is 13. The molecule has 13 rings (SSSR count). The molecule has 0 saturated carbocycles. The minimum absolute atomic E-state index is 0.151. The SMILES string of the molecule is CC1(C)c2cc(-c3ccc(-c4c5ccccc5c(-c5cccc6ccccc56)c5ccccc45)c4ccccc34)ccc2-c2c1ccc1c2ccc2oc3c(c21)CCC=C3. The van der Waals surface area contributed by atoms with Gasteiger partial charge >= 0.3 is 0 Å². The van der Waals surface area contributed by atoms with Gasteiger partial charge in [0.2, 0.25) is 0 Å². The van der Waals surface area contributed by atoms with Gasteiger partial charge in [-0.3, -0.25) is 0 Å². The predicted octanol–water partition coefficient (Wildman–Crippen LogP) is 16.5. The van der Waals surface area contributed by atoms with Crippen LogP contribution < -0.4 is 0 Å². The average molecular weight is 765 g/mol. The van der Waals surface area contributed by atoms with Crippen LogP contribution in [0, 0.1) is 0 Å². The molecule has 0 fully saturated rings. The molecular weight excluding hydrogens is 725 g/mol. The fourth-order valence-corrected chi connectivity index (χ4v) is 11.2. The van der Waals surface area contributed by atoms with Crippen molar-refractivity contribution in [1.29, 1.82) is 0 Å². The summed E-state index contributed by atoms with van der Waals surface area (Å²) < 4.78 is 6.36. The van der Waals surface area contributed by atoms with Crippen molar-refractivity contribution in [3.8, 4) is 44.5 Å². The quantitative estimate of drug-likeness (QED) is 0.163. The van der Waals surface area contributed by atoms with Crippen LogP contribution in [0.15, 0.2) is 180 Å². The van der Waals surface area contributed by atoms with Gasteiger partial charge in [0, 0.05) is 16.4 Å². The van der Waals surface area contributed by atoms with Gasteiger partial charge < -0.3 is 4.42 Å². The third kappa shape index (κ3) is 4.58. The van der Waals surface area contributed by atoms with Crippen LogP contribution in [0.5, 0.6) is 0 Å². The van der Waals surface area contributed by atoms with E-state index in [1.165, 1.54) is 120 Å². The summed E-state index contributed by atoms with van der Waals surface area (Å²) in [5.41, 5.74) is 15.3. The van der Waals surface area contributed by atoms with Crippen LogP contribution in [-0.2, 0) is 11.8 Å². The highest BCUT2D eigenvalue weighted by Crippen LogP contribution is 2.54. The molecule has 0 bridgehead atoms. The van der Waals surface area contributed by atoms with Crippen LogP contribution in [0.25, 0.3) is 115 Å².